The molecule has 1 aliphatic carbocycles. The van der Waals surface area contributed by atoms with Crippen LogP contribution >= 0.6 is 0 Å². The minimum Gasteiger partial charge on any atom is -0.375 e. The van der Waals surface area contributed by atoms with Crippen molar-refractivity contribution in [3.05, 3.63) is 0 Å². The Labute approximate surface area is 68.5 Å². The zero-order chi connectivity index (χ0) is 8.27. The quantitative estimate of drug-likeness (QED) is 0.628. The molecule has 11 heavy (non-hydrogen) atoms. The molecule has 0 amide bonds. The summed E-state index contributed by atoms with van der Waals surface area (Å²) in [5.41, 5.74) is 5.70. The molecule has 1 unspecified atom stereocenters. The molecule has 3 heteroatoms. The summed E-state index contributed by atoms with van der Waals surface area (Å²) in [5, 5.41) is 0. The molecular formula is C8H18N2O. The van der Waals surface area contributed by atoms with Crippen LogP contribution in [0.15, 0.2) is 0 Å². The highest BCUT2D eigenvalue weighted by atomic mass is 16.5. The minimum absolute atomic E-state index is 0.303. The van der Waals surface area contributed by atoms with E-state index in [2.05, 4.69) is 4.90 Å². The maximum Gasteiger partial charge on any atom is 0.0727 e. The van der Waals surface area contributed by atoms with Crippen molar-refractivity contribution in [1.82, 2.24) is 4.90 Å². The Morgan fingerprint density at radius 1 is 1.45 bits per heavy atom. The van der Waals surface area contributed by atoms with Crippen molar-refractivity contribution >= 4 is 0 Å². The van der Waals surface area contributed by atoms with Gasteiger partial charge in [-0.25, -0.2) is 0 Å². The van der Waals surface area contributed by atoms with Crippen LogP contribution in [0.4, 0.5) is 0 Å². The summed E-state index contributed by atoms with van der Waals surface area (Å²) in [6.45, 7) is 1.80. The molecule has 1 saturated carbocycles. The first kappa shape index (κ1) is 8.97. The molecule has 1 fully saturated rings. The Morgan fingerprint density at radius 2 is 2.18 bits per heavy atom. The normalized spacial score (nSPS) is 30.5. The molecular weight excluding hydrogens is 140 g/mol. The number of ether oxygens (including phenoxy) is 1. The minimum atomic E-state index is 0.303. The number of hydrogen-bond acceptors (Lipinski definition) is 3. The monoisotopic (exact) mass is 158 g/mol. The third-order valence-electron chi connectivity index (χ3n) is 2.13. The number of nitrogens with zero attached hydrogens (tertiary/aromatic N) is 1. The molecule has 0 saturated heterocycles. The summed E-state index contributed by atoms with van der Waals surface area (Å²) >= 11 is 0. The molecule has 0 aliphatic heterocycles. The molecule has 2 N–H and O–H groups in total. The SMILES string of the molecule is CN(C)CCO[C@@H]1CCC1N. The van der Waals surface area contributed by atoms with Crippen LogP contribution in [0.1, 0.15) is 12.8 Å². The second kappa shape index (κ2) is 4.04. The van der Waals surface area contributed by atoms with Crippen molar-refractivity contribution in [3.8, 4) is 0 Å². The fourth-order valence-electron chi connectivity index (χ4n) is 1.09. The molecule has 0 radical (unpaired) electrons. The summed E-state index contributed by atoms with van der Waals surface area (Å²) in [5.74, 6) is 0. The van der Waals surface area contributed by atoms with Gasteiger partial charge >= 0.3 is 0 Å². The molecule has 1 rings (SSSR count). The largest absolute Gasteiger partial charge is 0.375 e. The summed E-state index contributed by atoms with van der Waals surface area (Å²) in [6, 6.07) is 0.303. The van der Waals surface area contributed by atoms with Crippen molar-refractivity contribution in [2.24, 2.45) is 5.73 Å². The van der Waals surface area contributed by atoms with E-state index in [0.29, 0.717) is 12.1 Å². The van der Waals surface area contributed by atoms with Gasteiger partial charge in [-0.2, -0.15) is 0 Å². The molecule has 0 heterocycles. The maximum absolute atomic E-state index is 5.70. The van der Waals surface area contributed by atoms with E-state index in [1.807, 2.05) is 14.1 Å². The zero-order valence-electron chi connectivity index (χ0n) is 7.42. The number of nitrogens with two attached hydrogens (primary N) is 1. The topological polar surface area (TPSA) is 38.5 Å². The summed E-state index contributed by atoms with van der Waals surface area (Å²) in [7, 11) is 4.09. The van der Waals surface area contributed by atoms with Gasteiger partial charge < -0.3 is 15.4 Å². The van der Waals surface area contributed by atoms with E-state index in [0.717, 1.165) is 26.0 Å². The molecule has 0 aromatic carbocycles. The molecule has 0 aromatic rings. The van der Waals surface area contributed by atoms with E-state index in [1.54, 1.807) is 0 Å². The zero-order valence-corrected chi connectivity index (χ0v) is 7.42. The van der Waals surface area contributed by atoms with Crippen LogP contribution in [-0.4, -0.2) is 44.3 Å². The predicted molar refractivity (Wildman–Crippen MR) is 45.5 cm³/mol. The van der Waals surface area contributed by atoms with Gasteiger partial charge in [-0.3, -0.25) is 0 Å². The third kappa shape index (κ3) is 2.77. The van der Waals surface area contributed by atoms with E-state index in [-0.39, 0.29) is 0 Å². The second-order valence-corrected chi connectivity index (χ2v) is 3.45. The molecule has 66 valence electrons. The number of rotatable bonds is 4. The molecule has 0 spiro atoms. The van der Waals surface area contributed by atoms with Crippen molar-refractivity contribution in [2.45, 2.75) is 25.0 Å². The molecule has 0 aromatic heterocycles. The highest BCUT2D eigenvalue weighted by Crippen LogP contribution is 2.20. The summed E-state index contributed by atoms with van der Waals surface area (Å²) in [4.78, 5) is 2.12. The Kier molecular flexibility index (Phi) is 3.30. The fraction of sp³-hybridized carbons (Fsp3) is 1.00. The van der Waals surface area contributed by atoms with E-state index < -0.39 is 0 Å². The average Bonchev–Trinajstić information content (AvgIpc) is 1.94. The van der Waals surface area contributed by atoms with E-state index >= 15 is 0 Å². The highest BCUT2D eigenvalue weighted by molar-refractivity contribution is 4.84. The van der Waals surface area contributed by atoms with Gasteiger partial charge in [0.15, 0.2) is 0 Å². The standard InChI is InChI=1S/C8H18N2O/c1-10(2)5-6-11-8-4-3-7(8)9/h7-8H,3-6,9H2,1-2H3/t7?,8-/m1/s1. The average molecular weight is 158 g/mol. The highest BCUT2D eigenvalue weighted by Gasteiger charge is 2.27. The lowest BCUT2D eigenvalue weighted by molar-refractivity contribution is -0.0188. The molecule has 1 aliphatic rings. The van der Waals surface area contributed by atoms with Gasteiger partial charge in [0.1, 0.15) is 0 Å². The van der Waals surface area contributed by atoms with Gasteiger partial charge in [0.2, 0.25) is 0 Å². The smallest absolute Gasteiger partial charge is 0.0727 e. The van der Waals surface area contributed by atoms with Crippen LogP contribution in [0.25, 0.3) is 0 Å². The maximum atomic E-state index is 5.70. The number of likely N-dealkylation sites (N-methyl/N-ethyl adjacent to an activating group) is 1. The van der Waals surface area contributed by atoms with Crippen molar-refractivity contribution in [2.75, 3.05) is 27.2 Å². The van der Waals surface area contributed by atoms with Crippen LogP contribution in [0.2, 0.25) is 0 Å². The second-order valence-electron chi connectivity index (χ2n) is 3.45. The Hall–Kier alpha value is -0.120. The van der Waals surface area contributed by atoms with Gasteiger partial charge in [-0.1, -0.05) is 0 Å². The van der Waals surface area contributed by atoms with Crippen LogP contribution in [0.5, 0.6) is 0 Å². The third-order valence-corrected chi connectivity index (χ3v) is 2.13. The molecule has 3 nitrogen and oxygen atoms in total. The van der Waals surface area contributed by atoms with Crippen LogP contribution in [0.3, 0.4) is 0 Å². The Bertz CT molecular complexity index is 117. The number of hydrogen-bond donors (Lipinski definition) is 1. The summed E-state index contributed by atoms with van der Waals surface area (Å²) < 4.78 is 5.53. The first-order chi connectivity index (χ1) is 5.20. The van der Waals surface area contributed by atoms with Crippen molar-refractivity contribution < 1.29 is 4.74 Å². The Balaban J connectivity index is 1.95. The lowest BCUT2D eigenvalue weighted by Gasteiger charge is -2.33. The van der Waals surface area contributed by atoms with Gasteiger partial charge in [0.05, 0.1) is 12.7 Å². The van der Waals surface area contributed by atoms with Crippen LogP contribution in [0, 0.1) is 0 Å². The van der Waals surface area contributed by atoms with Crippen molar-refractivity contribution in [3.63, 3.8) is 0 Å². The lowest BCUT2D eigenvalue weighted by Crippen LogP contribution is -2.46. The predicted octanol–water partition coefficient (Wildman–Crippen LogP) is 0.0543. The first-order valence-corrected chi connectivity index (χ1v) is 4.22. The van der Waals surface area contributed by atoms with Gasteiger partial charge in [-0.15, -0.1) is 0 Å². The molecule has 2 atom stereocenters. The van der Waals surface area contributed by atoms with E-state index in [9.17, 15) is 0 Å². The van der Waals surface area contributed by atoms with Gasteiger partial charge in [0, 0.05) is 12.6 Å². The lowest BCUT2D eigenvalue weighted by atomic mass is 9.90. The van der Waals surface area contributed by atoms with E-state index in [4.69, 9.17) is 10.5 Å². The van der Waals surface area contributed by atoms with Crippen LogP contribution in [-0.2, 0) is 4.74 Å². The van der Waals surface area contributed by atoms with Gasteiger partial charge in [0.25, 0.3) is 0 Å². The Morgan fingerprint density at radius 3 is 2.55 bits per heavy atom. The van der Waals surface area contributed by atoms with Gasteiger partial charge in [-0.05, 0) is 26.9 Å². The van der Waals surface area contributed by atoms with Crippen molar-refractivity contribution in [1.29, 1.82) is 0 Å². The fourth-order valence-corrected chi connectivity index (χ4v) is 1.09. The molecule has 0 bridgehead atoms. The summed E-state index contributed by atoms with van der Waals surface area (Å²) in [6.07, 6.45) is 2.62. The van der Waals surface area contributed by atoms with Crippen LogP contribution < -0.4 is 5.73 Å². The first-order valence-electron chi connectivity index (χ1n) is 4.22. The van der Waals surface area contributed by atoms with E-state index in [1.165, 1.54) is 0 Å².